The van der Waals surface area contributed by atoms with Crippen LogP contribution < -0.4 is 46.1 Å². The number of likely N-dealkylation sites (N-methyl/N-ethyl adjacent to an activating group) is 1. The quantitative estimate of drug-likeness (QED) is 0.0377. The van der Waals surface area contributed by atoms with Gasteiger partial charge in [0.1, 0.15) is 101 Å². The summed E-state index contributed by atoms with van der Waals surface area (Å²) in [4.78, 5) is 168. The van der Waals surface area contributed by atoms with Crippen molar-refractivity contribution in [2.75, 3.05) is 7.05 Å². The zero-order valence-electron chi connectivity index (χ0n) is 70.4. The number of carbonyl (C=O) groups excluding carboxylic acids is 11. The van der Waals surface area contributed by atoms with Gasteiger partial charge < -0.3 is 95.9 Å². The number of ether oxygens (including phenoxy) is 6. The van der Waals surface area contributed by atoms with Crippen LogP contribution in [0, 0.1) is 41.4 Å². The molecule has 10 aliphatic rings. The fourth-order valence-corrected chi connectivity index (χ4v) is 18.7. The number of hydrogen-bond acceptors (Lipinski definition) is 25. The van der Waals surface area contributed by atoms with Crippen LogP contribution in [0.15, 0.2) is 109 Å². The molecule has 0 radical (unpaired) electrons. The SMILES string of the molecule is CC(C)C[C@H](C(=O)N[C@H]1C(=O)C[C@@H](CC(=O)NC(=O)NCc2ccccc2)C(=O)NC2C(=O)C[C@H]3C(=O)N[C@H](C(=O)N[C@H](C(=O)CC4C5CC6CC(C5)CC4C6)c4cc(O)cc(O)c4-c4cc3ccc4O)[C@H](O)c3ccc(c(Cl)c3)Oc3cc2cc(c3O[C@@H]2O[C@H](CCC(=O)OC(C)(C)C)[C@@H](O)[C@H](O)[C@H]2O)Oc2ccc(cc2Cl)[C@H]1O)N(C)C(=O)OC(C)(C)C. The first kappa shape index (κ1) is 91.7. The molecule has 6 aromatic carbocycles. The minimum absolute atomic E-state index is 0.0639. The number of fused-ring (bicyclic) bond motifs is 15. The summed E-state index contributed by atoms with van der Waals surface area (Å²) in [6.07, 6.45) is -14.8. The predicted octanol–water partition coefficient (Wildman–Crippen LogP) is 10.1. The number of phenols is 3. The molecule has 5 fully saturated rings. The number of ketones is 3. The minimum Gasteiger partial charge on any atom is -0.508 e. The zero-order chi connectivity index (χ0) is 90.3. The number of aromatic hydroxyl groups is 3. The Labute approximate surface area is 730 Å². The topological polar surface area (TPSA) is 480 Å². The summed E-state index contributed by atoms with van der Waals surface area (Å²) in [5.41, 5.74) is -3.30. The largest absolute Gasteiger partial charge is 0.508 e. The summed E-state index contributed by atoms with van der Waals surface area (Å²) >= 11 is 14.5. The average Bonchev–Trinajstić information content (AvgIpc) is 0.755. The second-order valence-corrected chi connectivity index (χ2v) is 37.0. The van der Waals surface area contributed by atoms with Gasteiger partial charge in [-0.05, 0) is 210 Å². The van der Waals surface area contributed by atoms with Crippen LogP contribution in [-0.2, 0) is 63.9 Å². The van der Waals surface area contributed by atoms with Crippen LogP contribution in [0.4, 0.5) is 9.59 Å². The number of imide groups is 1. The maximum absolute atomic E-state index is 16.7. The normalized spacial score (nSPS) is 26.9. The molecule has 1 unspecified atom stereocenters. The number of urea groups is 1. The van der Waals surface area contributed by atoms with E-state index in [-0.39, 0.29) is 94.4 Å². The van der Waals surface area contributed by atoms with Crippen molar-refractivity contribution in [3.05, 3.63) is 153 Å². The lowest BCUT2D eigenvalue weighted by molar-refractivity contribution is -0.273. The molecule has 6 heterocycles. The third kappa shape index (κ3) is 21.3. The molecule has 4 saturated carbocycles. The number of carbonyl (C=O) groups is 11. The lowest BCUT2D eigenvalue weighted by Gasteiger charge is -2.54. The molecular weight excluding hydrogens is 1660 g/mol. The van der Waals surface area contributed by atoms with E-state index in [2.05, 4.69) is 31.9 Å². The van der Waals surface area contributed by atoms with Crippen LogP contribution in [0.2, 0.25) is 10.0 Å². The molecule has 34 heteroatoms. The summed E-state index contributed by atoms with van der Waals surface area (Å²) in [5, 5.41) is 111. The van der Waals surface area contributed by atoms with Crippen LogP contribution in [-0.4, -0.2) is 178 Å². The van der Waals surface area contributed by atoms with Crippen molar-refractivity contribution in [2.45, 2.75) is 229 Å². The highest BCUT2D eigenvalue weighted by molar-refractivity contribution is 6.32. The maximum atomic E-state index is 16.7. The second kappa shape index (κ2) is 37.7. The predicted molar refractivity (Wildman–Crippen MR) is 449 cm³/mol. The second-order valence-electron chi connectivity index (χ2n) is 36.2. The highest BCUT2D eigenvalue weighted by Crippen LogP contribution is 2.58. The Balaban J connectivity index is 1.000. The van der Waals surface area contributed by atoms with Crippen LogP contribution in [0.5, 0.6) is 46.0 Å². The van der Waals surface area contributed by atoms with Gasteiger partial charge in [0, 0.05) is 62.9 Å². The van der Waals surface area contributed by atoms with Gasteiger partial charge in [-0.25, -0.2) is 9.59 Å². The van der Waals surface area contributed by atoms with Gasteiger partial charge in [0.15, 0.2) is 28.8 Å². The smallest absolute Gasteiger partial charge is 0.410 e. The summed E-state index contributed by atoms with van der Waals surface area (Å²) in [6.45, 7) is 13.1. The molecule has 14 N–H and O–H groups in total. The van der Waals surface area contributed by atoms with Gasteiger partial charge >= 0.3 is 18.1 Å². The standard InChI is InChI=1S/C91H105Cl2N7O25/c1-41(2)23-59(100(9)89(119)125-91(6,7)8)85(116)98-75-62(104)32-51(35-70(107)95-88(118)94-40-42-13-11-10-12-14-42)83(114)96-73-50-33-68(120-65-19-16-46(77(75)109)30-57(65)92)82(123-87-81(113)80(112)79(111)67(122-87)21-22-71(108)124-90(3,4)5)69(34-50)121-66-20-17-47(31-58(66)93)78(110)76-86(117)97-74(64(106)38-53-48-25-43-24-44(27-48)28-49(53)26-43)56-36-52(101)37-61(103)72(56)55-29-45(15-18-60(55)102)54(39-63(73)105)84(115)99-76/h10-20,29-31,33-34,36-37,41,43-44,48-49,51,53-54,59,67,73-81,87,101-103,109-113H,21-28,32,35,38-40H2,1-9H3,(H,96,114)(H,97,117)(H,98,116)(H,99,115)(H2,94,95,107,118)/t43?,44?,48?,49?,51-,53?,54+,59+,67+,73?,74-,75-,76-,77+,78+,79+,80-,81+,87-/m0/s1. The number of aliphatic hydroxyl groups excluding tert-OH is 5. The Bertz CT molecular complexity index is 5140. The maximum Gasteiger partial charge on any atom is 0.410 e. The fraction of sp³-hybridized carbons (Fsp3) is 0.484. The van der Waals surface area contributed by atoms with Crippen molar-refractivity contribution < 1.29 is 122 Å². The fourth-order valence-electron chi connectivity index (χ4n) is 18.3. The number of halogens is 2. The molecule has 6 aromatic rings. The molecule has 15 bridgehead atoms. The molecular formula is C91H105Cl2N7O25. The number of phenolic OH excluding ortho intramolecular Hbond substituents is 3. The molecule has 125 heavy (non-hydrogen) atoms. The van der Waals surface area contributed by atoms with Crippen molar-refractivity contribution in [1.82, 2.24) is 36.8 Å². The van der Waals surface area contributed by atoms with Crippen LogP contribution in [0.25, 0.3) is 11.1 Å². The van der Waals surface area contributed by atoms with Crippen molar-refractivity contribution in [3.8, 4) is 57.1 Å². The van der Waals surface area contributed by atoms with E-state index in [1.54, 1.807) is 85.7 Å². The van der Waals surface area contributed by atoms with Gasteiger partial charge in [-0.1, -0.05) is 85.6 Å². The Kier molecular flexibility index (Phi) is 27.6. The molecule has 0 aromatic heterocycles. The Morgan fingerprint density at radius 2 is 1.24 bits per heavy atom. The third-order valence-corrected chi connectivity index (χ3v) is 24.7. The molecule has 668 valence electrons. The number of rotatable bonds is 17. The Morgan fingerprint density at radius 1 is 0.624 bits per heavy atom. The number of nitrogens with one attached hydrogen (secondary N) is 6. The van der Waals surface area contributed by atoms with E-state index >= 15 is 33.6 Å². The first-order valence-electron chi connectivity index (χ1n) is 41.8. The van der Waals surface area contributed by atoms with E-state index in [0.717, 1.165) is 79.5 Å². The molecule has 16 rings (SSSR count). The van der Waals surface area contributed by atoms with Gasteiger partial charge in [-0.3, -0.25) is 53.4 Å². The number of esters is 1. The summed E-state index contributed by atoms with van der Waals surface area (Å²) in [6, 6.07) is 12.4. The zero-order valence-corrected chi connectivity index (χ0v) is 71.9. The number of amides is 8. The lowest BCUT2D eigenvalue weighted by Crippen LogP contribution is -2.59. The molecule has 0 spiro atoms. The third-order valence-electron chi connectivity index (χ3n) is 24.1. The summed E-state index contributed by atoms with van der Waals surface area (Å²) < 4.78 is 37.4. The molecule has 4 aliphatic carbocycles. The van der Waals surface area contributed by atoms with E-state index in [1.807, 2.05) is 0 Å². The van der Waals surface area contributed by atoms with Crippen molar-refractivity contribution in [1.29, 1.82) is 0 Å². The van der Waals surface area contributed by atoms with Gasteiger partial charge in [0.2, 0.25) is 41.6 Å². The van der Waals surface area contributed by atoms with E-state index in [9.17, 15) is 60.0 Å². The number of aliphatic hydroxyl groups is 5. The molecule has 8 amide bonds. The minimum atomic E-state index is -2.29. The highest BCUT2D eigenvalue weighted by Gasteiger charge is 2.52. The Morgan fingerprint density at radius 3 is 1.85 bits per heavy atom. The van der Waals surface area contributed by atoms with Gasteiger partial charge in [-0.2, -0.15) is 0 Å². The monoisotopic (exact) mass is 1770 g/mol. The van der Waals surface area contributed by atoms with Gasteiger partial charge in [0.25, 0.3) is 0 Å². The van der Waals surface area contributed by atoms with Crippen molar-refractivity contribution in [3.63, 3.8) is 0 Å². The van der Waals surface area contributed by atoms with Crippen LogP contribution in [0.1, 0.15) is 196 Å². The van der Waals surface area contributed by atoms with Crippen LogP contribution in [0.3, 0.4) is 0 Å². The number of benzene rings is 6. The molecule has 6 aliphatic heterocycles. The first-order chi connectivity index (χ1) is 59.0. The molecule has 14 atom stereocenters. The summed E-state index contributed by atoms with van der Waals surface area (Å²) in [7, 11) is 1.28. The van der Waals surface area contributed by atoms with Gasteiger partial charge in [-0.15, -0.1) is 0 Å². The van der Waals surface area contributed by atoms with Gasteiger partial charge in [0.05, 0.1) is 28.0 Å². The lowest BCUT2D eigenvalue weighted by atomic mass is 9.51. The van der Waals surface area contributed by atoms with Crippen LogP contribution >= 0.6 is 23.2 Å². The van der Waals surface area contributed by atoms with Crippen molar-refractivity contribution in [2.24, 2.45) is 41.4 Å². The average molecular weight is 1770 g/mol. The van der Waals surface area contributed by atoms with E-state index in [4.69, 9.17) is 51.6 Å². The molecule has 1 saturated heterocycles. The Hall–Kier alpha value is -11.0. The number of Topliss-reactive ketones (excluding diaryl/α,β-unsaturated/α-hetero) is 3. The molecule has 32 nitrogen and oxygen atoms in total. The van der Waals surface area contributed by atoms with E-state index in [0.29, 0.717) is 17.4 Å². The van der Waals surface area contributed by atoms with E-state index < -0.39 is 237 Å². The first-order valence-corrected chi connectivity index (χ1v) is 42.6. The number of hydrogen-bond donors (Lipinski definition) is 14. The van der Waals surface area contributed by atoms with E-state index in [1.165, 1.54) is 43.4 Å². The highest BCUT2D eigenvalue weighted by atomic mass is 35.5. The van der Waals surface area contributed by atoms with Crippen molar-refractivity contribution >= 4 is 88.2 Å². The number of nitrogens with zero attached hydrogens (tertiary/aromatic N) is 1. The summed E-state index contributed by atoms with van der Waals surface area (Å²) in [5.74, 6) is -17.5.